The summed E-state index contributed by atoms with van der Waals surface area (Å²) in [6.07, 6.45) is 0. The van der Waals surface area contributed by atoms with Gasteiger partial charge in [-0.25, -0.2) is 0 Å². The van der Waals surface area contributed by atoms with Crippen LogP contribution in [0.25, 0.3) is 0 Å². The molecule has 0 bridgehead atoms. The molecule has 0 aliphatic carbocycles. The summed E-state index contributed by atoms with van der Waals surface area (Å²) < 4.78 is 6.94. The minimum atomic E-state index is 0.488. The van der Waals surface area contributed by atoms with E-state index in [2.05, 4.69) is 71.5 Å². The van der Waals surface area contributed by atoms with Gasteiger partial charge in [-0.2, -0.15) is 0 Å². The minimum Gasteiger partial charge on any atom is -0.372 e. The first-order valence-corrected chi connectivity index (χ1v) is 8.07. The first-order valence-electron chi connectivity index (χ1n) is 7.27. The van der Waals surface area contributed by atoms with Crippen molar-refractivity contribution in [1.29, 1.82) is 0 Å². The van der Waals surface area contributed by atoms with Crippen molar-refractivity contribution in [3.63, 3.8) is 0 Å². The predicted octanol–water partition coefficient (Wildman–Crippen LogP) is 4.66. The molecule has 0 radical (unpaired) electrons. The largest absolute Gasteiger partial charge is 0.372 e. The van der Waals surface area contributed by atoms with E-state index >= 15 is 0 Å². The Hall–Kier alpha value is -1.16. The van der Waals surface area contributed by atoms with Crippen LogP contribution in [-0.2, 0) is 24.5 Å². The Bertz CT molecular complexity index is 551. The van der Waals surface area contributed by atoms with Crippen molar-refractivity contribution in [3.05, 3.63) is 69.7 Å². The van der Waals surface area contributed by atoms with Crippen LogP contribution in [0.1, 0.15) is 30.5 Å². The first kappa shape index (κ1) is 16.2. The van der Waals surface area contributed by atoms with Crippen LogP contribution in [0.4, 0.5) is 0 Å². The summed E-state index contributed by atoms with van der Waals surface area (Å²) in [5.41, 5.74) is 3.75. The maximum Gasteiger partial charge on any atom is 0.0724 e. The van der Waals surface area contributed by atoms with Gasteiger partial charge in [-0.05, 0) is 28.8 Å². The molecule has 0 unspecified atom stereocenters. The monoisotopic (exact) mass is 347 g/mol. The summed E-state index contributed by atoms with van der Waals surface area (Å²) in [5.74, 6) is 0. The van der Waals surface area contributed by atoms with E-state index in [0.717, 1.165) is 11.0 Å². The highest BCUT2D eigenvalue weighted by molar-refractivity contribution is 9.10. The van der Waals surface area contributed by atoms with E-state index in [-0.39, 0.29) is 0 Å². The van der Waals surface area contributed by atoms with E-state index in [0.29, 0.717) is 19.3 Å². The van der Waals surface area contributed by atoms with E-state index in [4.69, 9.17) is 4.74 Å². The molecule has 0 heterocycles. The molecular formula is C18H22BrNO. The molecule has 0 fully saturated rings. The number of benzene rings is 2. The Morgan fingerprint density at radius 2 is 1.62 bits per heavy atom. The summed E-state index contributed by atoms with van der Waals surface area (Å²) in [4.78, 5) is 0. The van der Waals surface area contributed by atoms with E-state index in [1.807, 2.05) is 12.1 Å². The maximum absolute atomic E-state index is 5.85. The van der Waals surface area contributed by atoms with Crippen molar-refractivity contribution in [1.82, 2.24) is 5.32 Å². The molecule has 2 aromatic rings. The number of halogens is 1. The molecule has 1 N–H and O–H groups in total. The van der Waals surface area contributed by atoms with E-state index < -0.39 is 0 Å². The second-order valence-corrected chi connectivity index (χ2v) is 6.34. The van der Waals surface area contributed by atoms with Gasteiger partial charge in [0.15, 0.2) is 0 Å². The molecule has 2 aromatic carbocycles. The third kappa shape index (κ3) is 5.62. The van der Waals surface area contributed by atoms with Crippen molar-refractivity contribution in [2.45, 2.75) is 39.6 Å². The second kappa shape index (κ2) is 8.32. The van der Waals surface area contributed by atoms with E-state index in [1.54, 1.807) is 0 Å². The van der Waals surface area contributed by atoms with Crippen LogP contribution in [0.2, 0.25) is 0 Å². The molecule has 21 heavy (non-hydrogen) atoms. The van der Waals surface area contributed by atoms with Crippen molar-refractivity contribution in [2.75, 3.05) is 0 Å². The minimum absolute atomic E-state index is 0.488. The predicted molar refractivity (Wildman–Crippen MR) is 91.1 cm³/mol. The highest BCUT2D eigenvalue weighted by Gasteiger charge is 2.03. The molecule has 0 spiro atoms. The van der Waals surface area contributed by atoms with E-state index in [1.165, 1.54) is 16.7 Å². The highest BCUT2D eigenvalue weighted by atomic mass is 79.9. The van der Waals surface area contributed by atoms with Gasteiger partial charge in [0.1, 0.15) is 0 Å². The van der Waals surface area contributed by atoms with Gasteiger partial charge in [-0.15, -0.1) is 0 Å². The van der Waals surface area contributed by atoms with Crippen molar-refractivity contribution >= 4 is 15.9 Å². The molecule has 3 heteroatoms. The molecule has 0 aliphatic rings. The topological polar surface area (TPSA) is 21.3 Å². The fraction of sp³-hybridized carbons (Fsp3) is 0.333. The van der Waals surface area contributed by atoms with Crippen molar-refractivity contribution in [3.8, 4) is 0 Å². The number of rotatable bonds is 7. The van der Waals surface area contributed by atoms with Crippen molar-refractivity contribution in [2.24, 2.45) is 0 Å². The average molecular weight is 348 g/mol. The molecule has 112 valence electrons. The van der Waals surface area contributed by atoms with Crippen LogP contribution in [-0.4, -0.2) is 6.04 Å². The Balaban J connectivity index is 1.89. The quantitative estimate of drug-likeness (QED) is 0.786. The SMILES string of the molecule is CC(C)NCc1ccccc1COCc1ccc(Br)cc1. The molecule has 0 amide bonds. The maximum atomic E-state index is 5.85. The Labute approximate surface area is 135 Å². The van der Waals surface area contributed by atoms with Gasteiger partial charge in [-0.1, -0.05) is 66.2 Å². The van der Waals surface area contributed by atoms with Crippen LogP contribution in [0.5, 0.6) is 0 Å². The lowest BCUT2D eigenvalue weighted by Gasteiger charge is -2.13. The molecule has 2 rings (SSSR count). The molecular weight excluding hydrogens is 326 g/mol. The smallest absolute Gasteiger partial charge is 0.0724 e. The number of hydrogen-bond donors (Lipinski definition) is 1. The molecule has 0 aliphatic heterocycles. The van der Waals surface area contributed by atoms with E-state index in [9.17, 15) is 0 Å². The van der Waals surface area contributed by atoms with Crippen LogP contribution in [0.15, 0.2) is 53.0 Å². The number of nitrogens with one attached hydrogen (secondary N) is 1. The second-order valence-electron chi connectivity index (χ2n) is 5.42. The summed E-state index contributed by atoms with van der Waals surface area (Å²) in [5, 5.41) is 3.46. The molecule has 0 saturated heterocycles. The molecule has 0 aromatic heterocycles. The Morgan fingerprint density at radius 3 is 2.29 bits per heavy atom. The Morgan fingerprint density at radius 1 is 0.952 bits per heavy atom. The van der Waals surface area contributed by atoms with Gasteiger partial charge >= 0.3 is 0 Å². The lowest BCUT2D eigenvalue weighted by Crippen LogP contribution is -2.22. The zero-order chi connectivity index (χ0) is 15.1. The first-order chi connectivity index (χ1) is 10.1. The summed E-state index contributed by atoms with van der Waals surface area (Å²) >= 11 is 3.44. The third-order valence-electron chi connectivity index (χ3n) is 3.26. The highest BCUT2D eigenvalue weighted by Crippen LogP contribution is 2.14. The Kier molecular flexibility index (Phi) is 6.43. The fourth-order valence-corrected chi connectivity index (χ4v) is 2.31. The zero-order valence-corrected chi connectivity index (χ0v) is 14.2. The van der Waals surface area contributed by atoms with Gasteiger partial charge in [0.25, 0.3) is 0 Å². The standard InChI is InChI=1S/C18H22BrNO/c1-14(2)20-11-16-5-3-4-6-17(16)13-21-12-15-7-9-18(19)10-8-15/h3-10,14,20H,11-13H2,1-2H3. The van der Waals surface area contributed by atoms with Gasteiger partial charge < -0.3 is 10.1 Å². The van der Waals surface area contributed by atoms with Crippen molar-refractivity contribution < 1.29 is 4.74 Å². The van der Waals surface area contributed by atoms with Gasteiger partial charge in [-0.3, -0.25) is 0 Å². The summed E-state index contributed by atoms with van der Waals surface area (Å²) in [7, 11) is 0. The van der Waals surface area contributed by atoms with Crippen LogP contribution >= 0.6 is 15.9 Å². The molecule has 2 nitrogen and oxygen atoms in total. The normalized spacial score (nSPS) is 11.0. The lowest BCUT2D eigenvalue weighted by molar-refractivity contribution is 0.106. The molecule has 0 atom stereocenters. The van der Waals surface area contributed by atoms with Gasteiger partial charge in [0.05, 0.1) is 13.2 Å². The van der Waals surface area contributed by atoms with Gasteiger partial charge in [0.2, 0.25) is 0 Å². The van der Waals surface area contributed by atoms with Crippen LogP contribution in [0.3, 0.4) is 0 Å². The zero-order valence-electron chi connectivity index (χ0n) is 12.6. The number of ether oxygens (including phenoxy) is 1. The lowest BCUT2D eigenvalue weighted by atomic mass is 10.1. The fourth-order valence-electron chi connectivity index (χ4n) is 2.04. The summed E-state index contributed by atoms with van der Waals surface area (Å²) in [6, 6.07) is 17.2. The number of hydrogen-bond acceptors (Lipinski definition) is 2. The third-order valence-corrected chi connectivity index (χ3v) is 3.79. The van der Waals surface area contributed by atoms with Crippen LogP contribution < -0.4 is 5.32 Å². The van der Waals surface area contributed by atoms with Crippen LogP contribution in [0, 0.1) is 0 Å². The molecule has 0 saturated carbocycles. The average Bonchev–Trinajstić information content (AvgIpc) is 2.48. The summed E-state index contributed by atoms with van der Waals surface area (Å²) in [6.45, 7) is 6.49. The van der Waals surface area contributed by atoms with Gasteiger partial charge in [0, 0.05) is 17.1 Å².